The molecular formula is C21H34O2Si. The maximum absolute atomic E-state index is 6.18. The van der Waals surface area contributed by atoms with Crippen molar-refractivity contribution in [1.82, 2.24) is 0 Å². The third-order valence-electron chi connectivity index (χ3n) is 4.85. The molecule has 24 heavy (non-hydrogen) atoms. The van der Waals surface area contributed by atoms with Gasteiger partial charge in [0.1, 0.15) is 0 Å². The minimum atomic E-state index is -1.67. The molecule has 0 aliphatic carbocycles. The van der Waals surface area contributed by atoms with E-state index in [1.807, 2.05) is 18.2 Å². The summed E-state index contributed by atoms with van der Waals surface area (Å²) in [5.74, 6) is 0.304. The summed E-state index contributed by atoms with van der Waals surface area (Å²) < 4.78 is 11.8. The van der Waals surface area contributed by atoms with Gasteiger partial charge in [0.15, 0.2) is 8.32 Å². The molecule has 2 nitrogen and oxygen atoms in total. The molecule has 0 saturated heterocycles. The Morgan fingerprint density at radius 3 is 2.25 bits per heavy atom. The highest BCUT2D eigenvalue weighted by Crippen LogP contribution is 2.36. The highest BCUT2D eigenvalue weighted by molar-refractivity contribution is 6.74. The van der Waals surface area contributed by atoms with E-state index >= 15 is 0 Å². The summed E-state index contributed by atoms with van der Waals surface area (Å²) in [6, 6.07) is 10.3. The summed E-state index contributed by atoms with van der Waals surface area (Å²) in [4.78, 5) is 0. The van der Waals surface area contributed by atoms with Crippen LogP contribution in [0.25, 0.3) is 6.08 Å². The normalized spacial score (nSPS) is 16.0. The van der Waals surface area contributed by atoms with Crippen LogP contribution in [0.5, 0.6) is 0 Å². The molecule has 0 spiro atoms. The van der Waals surface area contributed by atoms with Crippen LogP contribution in [0.4, 0.5) is 0 Å². The second-order valence-electron chi connectivity index (χ2n) is 7.83. The molecule has 0 heterocycles. The first-order valence-corrected chi connectivity index (χ1v) is 11.6. The zero-order valence-electron chi connectivity index (χ0n) is 16.4. The summed E-state index contributed by atoms with van der Waals surface area (Å²) in [6.07, 6.45) is 8.63. The highest BCUT2D eigenvalue weighted by Gasteiger charge is 2.36. The lowest BCUT2D eigenvalue weighted by Crippen LogP contribution is -2.40. The molecule has 2 atom stereocenters. The van der Waals surface area contributed by atoms with E-state index < -0.39 is 8.32 Å². The maximum atomic E-state index is 6.18. The number of ether oxygens (including phenoxy) is 1. The van der Waals surface area contributed by atoms with Gasteiger partial charge in [-0.3, -0.25) is 0 Å². The van der Waals surface area contributed by atoms with Crippen molar-refractivity contribution < 1.29 is 9.16 Å². The average molecular weight is 347 g/mol. The van der Waals surface area contributed by atoms with Crippen molar-refractivity contribution in [3.05, 3.63) is 54.1 Å². The molecule has 1 rings (SSSR count). The van der Waals surface area contributed by atoms with Crippen molar-refractivity contribution in [2.75, 3.05) is 13.7 Å². The fourth-order valence-corrected chi connectivity index (χ4v) is 3.04. The lowest BCUT2D eigenvalue weighted by atomic mass is 10.0. The molecule has 0 bridgehead atoms. The number of methoxy groups -OCH3 is 1. The Hall–Kier alpha value is -1.16. The molecule has 0 aliphatic heterocycles. The molecule has 0 aromatic heterocycles. The van der Waals surface area contributed by atoms with Crippen LogP contribution >= 0.6 is 0 Å². The summed E-state index contributed by atoms with van der Waals surface area (Å²) in [6.45, 7) is 14.2. The Kier molecular flexibility index (Phi) is 8.14. The predicted molar refractivity (Wildman–Crippen MR) is 108 cm³/mol. The summed E-state index contributed by atoms with van der Waals surface area (Å²) in [7, 11) is 0.0922. The lowest BCUT2D eigenvalue weighted by molar-refractivity contribution is 0.113. The molecule has 0 unspecified atom stereocenters. The third kappa shape index (κ3) is 6.76. The highest BCUT2D eigenvalue weighted by atomic mass is 28.4. The van der Waals surface area contributed by atoms with E-state index in [-0.39, 0.29) is 11.1 Å². The first-order valence-electron chi connectivity index (χ1n) is 8.74. The van der Waals surface area contributed by atoms with Gasteiger partial charge in [-0.05, 0) is 23.7 Å². The van der Waals surface area contributed by atoms with E-state index in [1.54, 1.807) is 7.11 Å². The maximum Gasteiger partial charge on any atom is 0.192 e. The van der Waals surface area contributed by atoms with Gasteiger partial charge in [0.05, 0.1) is 12.7 Å². The van der Waals surface area contributed by atoms with Gasteiger partial charge < -0.3 is 9.16 Å². The third-order valence-corrected chi connectivity index (χ3v) is 9.36. The Balaban J connectivity index is 2.55. The number of hydrogen-bond donors (Lipinski definition) is 0. The van der Waals surface area contributed by atoms with Crippen molar-refractivity contribution in [2.24, 2.45) is 5.92 Å². The van der Waals surface area contributed by atoms with Gasteiger partial charge in [-0.25, -0.2) is 0 Å². The van der Waals surface area contributed by atoms with Crippen molar-refractivity contribution >= 4 is 14.4 Å². The summed E-state index contributed by atoms with van der Waals surface area (Å²) in [5, 5.41) is 0.250. The van der Waals surface area contributed by atoms with E-state index in [0.29, 0.717) is 12.5 Å². The van der Waals surface area contributed by atoms with Crippen LogP contribution in [0.1, 0.15) is 33.3 Å². The van der Waals surface area contributed by atoms with Gasteiger partial charge in [-0.2, -0.15) is 0 Å². The van der Waals surface area contributed by atoms with Gasteiger partial charge >= 0.3 is 0 Å². The van der Waals surface area contributed by atoms with Gasteiger partial charge in [0.25, 0.3) is 0 Å². The first kappa shape index (κ1) is 20.9. The Labute approximate surface area is 149 Å². The fourth-order valence-electron chi connectivity index (χ4n) is 2.09. The molecule has 0 aliphatic rings. The minimum Gasteiger partial charge on any atom is -0.413 e. The first-order chi connectivity index (χ1) is 11.2. The Morgan fingerprint density at radius 2 is 1.71 bits per heavy atom. The lowest BCUT2D eigenvalue weighted by Gasteiger charge is -2.35. The van der Waals surface area contributed by atoms with Gasteiger partial charge in [-0.1, -0.05) is 82.3 Å². The Bertz CT molecular complexity index is 527. The van der Waals surface area contributed by atoms with E-state index in [4.69, 9.17) is 9.16 Å². The molecule has 0 amide bonds. The summed E-state index contributed by atoms with van der Waals surface area (Å²) in [5.41, 5.74) is 1.19. The molecular weight excluding hydrogens is 312 g/mol. The van der Waals surface area contributed by atoms with Gasteiger partial charge in [0, 0.05) is 13.0 Å². The van der Waals surface area contributed by atoms with E-state index in [2.05, 4.69) is 77.2 Å². The zero-order chi connectivity index (χ0) is 18.2. The van der Waals surface area contributed by atoms with E-state index in [0.717, 1.165) is 0 Å². The van der Waals surface area contributed by atoms with Crippen LogP contribution in [-0.2, 0) is 9.16 Å². The summed E-state index contributed by atoms with van der Waals surface area (Å²) >= 11 is 0. The van der Waals surface area contributed by atoms with Crippen molar-refractivity contribution in [3.63, 3.8) is 0 Å². The standard InChI is InChI=1S/C21H34O2Si/c1-18(12-11-17-23-24(6,7)21(2,3)4)20(22-5)16-15-19-13-9-8-10-14-19/h8-16,18,20H,17H2,1-7H3/b12-11+,16-15+/t18-,20-/m0/s1. The van der Waals surface area contributed by atoms with Gasteiger partial charge in [-0.15, -0.1) is 0 Å². The van der Waals surface area contributed by atoms with E-state index in [1.165, 1.54) is 5.56 Å². The second-order valence-corrected chi connectivity index (χ2v) is 12.6. The second kappa shape index (κ2) is 9.35. The molecule has 134 valence electrons. The fraction of sp³-hybridized carbons (Fsp3) is 0.524. The molecule has 0 saturated carbocycles. The topological polar surface area (TPSA) is 18.5 Å². The van der Waals surface area contributed by atoms with Gasteiger partial charge in [0.2, 0.25) is 0 Å². The smallest absolute Gasteiger partial charge is 0.192 e. The van der Waals surface area contributed by atoms with E-state index in [9.17, 15) is 0 Å². The number of hydrogen-bond acceptors (Lipinski definition) is 2. The number of rotatable bonds is 8. The SMILES string of the molecule is CO[C@@H](/C=C/c1ccccc1)[C@@H](C)/C=C/CO[Si](C)(C)C(C)(C)C. The van der Waals surface area contributed by atoms with Crippen LogP contribution in [0.3, 0.4) is 0 Å². The van der Waals surface area contributed by atoms with Crippen molar-refractivity contribution in [3.8, 4) is 0 Å². The van der Waals surface area contributed by atoms with Crippen molar-refractivity contribution in [1.29, 1.82) is 0 Å². The van der Waals surface area contributed by atoms with Crippen molar-refractivity contribution in [2.45, 2.75) is 51.9 Å². The average Bonchev–Trinajstić information content (AvgIpc) is 2.52. The molecule has 0 fully saturated rings. The monoisotopic (exact) mass is 346 g/mol. The van der Waals surface area contributed by atoms with Crippen LogP contribution < -0.4 is 0 Å². The molecule has 3 heteroatoms. The zero-order valence-corrected chi connectivity index (χ0v) is 17.4. The molecule has 1 aromatic rings. The Morgan fingerprint density at radius 1 is 1.08 bits per heavy atom. The molecule has 0 N–H and O–H groups in total. The molecule has 1 aromatic carbocycles. The largest absolute Gasteiger partial charge is 0.413 e. The minimum absolute atomic E-state index is 0.0642. The number of benzene rings is 1. The van der Waals surface area contributed by atoms with Crippen LogP contribution in [0.15, 0.2) is 48.6 Å². The quantitative estimate of drug-likeness (QED) is 0.429. The van der Waals surface area contributed by atoms with Crippen LogP contribution in [-0.4, -0.2) is 28.1 Å². The van der Waals surface area contributed by atoms with Crippen LogP contribution in [0, 0.1) is 5.92 Å². The predicted octanol–water partition coefficient (Wildman–Crippen LogP) is 5.93. The van der Waals surface area contributed by atoms with Crippen LogP contribution in [0.2, 0.25) is 18.1 Å². The molecule has 0 radical (unpaired) electrons.